The summed E-state index contributed by atoms with van der Waals surface area (Å²) in [6.45, 7) is 2.18. The Kier molecular flexibility index (Phi) is 5.20. The molecule has 0 bridgehead atoms. The summed E-state index contributed by atoms with van der Waals surface area (Å²) in [6.07, 6.45) is 3.37. The van der Waals surface area contributed by atoms with E-state index in [0.29, 0.717) is 16.4 Å². The van der Waals surface area contributed by atoms with Gasteiger partial charge in [-0.05, 0) is 37.3 Å². The Balaban J connectivity index is 1.33. The van der Waals surface area contributed by atoms with E-state index in [1.54, 1.807) is 12.1 Å². The minimum absolute atomic E-state index is 0.179. The highest BCUT2D eigenvalue weighted by atomic mass is 32.1. The topological polar surface area (TPSA) is 72.2 Å². The zero-order chi connectivity index (χ0) is 22.1. The fraction of sp³-hybridized carbons (Fsp3) is 0.0833. The van der Waals surface area contributed by atoms with Crippen LogP contribution in [0.5, 0.6) is 0 Å². The van der Waals surface area contributed by atoms with Crippen molar-refractivity contribution in [2.75, 3.05) is 0 Å². The molecule has 3 heterocycles. The van der Waals surface area contributed by atoms with E-state index in [1.807, 2.05) is 53.9 Å². The molecule has 0 aliphatic rings. The van der Waals surface area contributed by atoms with Crippen LogP contribution >= 0.6 is 11.3 Å². The smallest absolute Gasteiger partial charge is 0.263 e. The summed E-state index contributed by atoms with van der Waals surface area (Å²) in [4.78, 5) is 27.3. The largest absolute Gasteiger partial charge is 0.346 e. The normalized spacial score (nSPS) is 11.1. The molecule has 0 spiro atoms. The van der Waals surface area contributed by atoms with Crippen LogP contribution in [-0.2, 0) is 6.54 Å². The maximum atomic E-state index is 13.2. The molecule has 0 saturated heterocycles. The molecule has 0 aliphatic carbocycles. The molecule has 1 N–H and O–H groups in total. The number of rotatable bonds is 5. The summed E-state index contributed by atoms with van der Waals surface area (Å²) in [7, 11) is 0. The van der Waals surface area contributed by atoms with E-state index in [1.165, 1.54) is 29.8 Å². The van der Waals surface area contributed by atoms with Crippen LogP contribution in [0.15, 0.2) is 73.2 Å². The molecule has 0 atom stereocenters. The van der Waals surface area contributed by atoms with Crippen molar-refractivity contribution >= 4 is 22.2 Å². The molecule has 0 unspecified atom stereocenters. The number of aryl methyl sites for hydroxylation is 1. The van der Waals surface area contributed by atoms with Gasteiger partial charge in [0, 0.05) is 23.0 Å². The van der Waals surface area contributed by atoms with Crippen LogP contribution in [0.2, 0.25) is 0 Å². The molecule has 5 aromatic rings. The minimum Gasteiger partial charge on any atom is -0.346 e. The molecule has 2 aromatic carbocycles. The summed E-state index contributed by atoms with van der Waals surface area (Å²) in [5.41, 5.74) is 4.89. The van der Waals surface area contributed by atoms with Crippen molar-refractivity contribution in [2.45, 2.75) is 13.5 Å². The summed E-state index contributed by atoms with van der Waals surface area (Å²) in [5.74, 6) is -0.467. The highest BCUT2D eigenvalue weighted by Gasteiger charge is 2.18. The summed E-state index contributed by atoms with van der Waals surface area (Å²) < 4.78 is 15.1. The standard InChI is InChI=1S/C24H18FN5OS/c1-15-22(32-24-29-21(13-30(15)24)17-7-9-18(25)10-8-17)23(31)26-12-19-11-20(28-14-27-19)16-5-3-2-4-6-16/h2-11,13-14H,12H2,1H3,(H,26,31). The van der Waals surface area contributed by atoms with Crippen molar-refractivity contribution in [2.24, 2.45) is 0 Å². The van der Waals surface area contributed by atoms with Crippen molar-refractivity contribution in [1.29, 1.82) is 0 Å². The fourth-order valence-electron chi connectivity index (χ4n) is 3.43. The molecule has 5 rings (SSSR count). The van der Waals surface area contributed by atoms with Gasteiger partial charge in [0.2, 0.25) is 0 Å². The molecular weight excluding hydrogens is 425 g/mol. The molecule has 1 amide bonds. The van der Waals surface area contributed by atoms with Crippen LogP contribution in [0.4, 0.5) is 4.39 Å². The fourth-order valence-corrected chi connectivity index (χ4v) is 4.46. The van der Waals surface area contributed by atoms with Crippen LogP contribution in [0.25, 0.3) is 27.5 Å². The molecule has 0 fully saturated rings. The molecule has 6 nitrogen and oxygen atoms in total. The predicted molar refractivity (Wildman–Crippen MR) is 122 cm³/mol. The quantitative estimate of drug-likeness (QED) is 0.420. The van der Waals surface area contributed by atoms with Gasteiger partial charge < -0.3 is 5.32 Å². The first-order chi connectivity index (χ1) is 15.6. The third-order valence-electron chi connectivity index (χ3n) is 5.13. The Morgan fingerprint density at radius 3 is 2.53 bits per heavy atom. The second kappa shape index (κ2) is 8.32. The number of imidazole rings is 1. The minimum atomic E-state index is -0.288. The van der Waals surface area contributed by atoms with Gasteiger partial charge in [0.1, 0.15) is 17.0 Å². The lowest BCUT2D eigenvalue weighted by Crippen LogP contribution is -2.23. The number of carbonyl (C=O) groups excluding carboxylic acids is 1. The molecular formula is C24H18FN5OS. The van der Waals surface area contributed by atoms with E-state index in [2.05, 4.69) is 20.3 Å². The van der Waals surface area contributed by atoms with Crippen molar-refractivity contribution in [3.05, 3.63) is 95.3 Å². The first-order valence-corrected chi connectivity index (χ1v) is 10.8. The van der Waals surface area contributed by atoms with Gasteiger partial charge in [-0.1, -0.05) is 41.7 Å². The number of hydrogen-bond acceptors (Lipinski definition) is 5. The van der Waals surface area contributed by atoms with Crippen LogP contribution in [0.1, 0.15) is 21.1 Å². The molecule has 0 radical (unpaired) electrons. The SMILES string of the molecule is Cc1c(C(=O)NCc2cc(-c3ccccc3)ncn2)sc2nc(-c3ccc(F)cc3)cn12. The first-order valence-electron chi connectivity index (χ1n) is 9.97. The van der Waals surface area contributed by atoms with Crippen LogP contribution in [0, 0.1) is 12.7 Å². The van der Waals surface area contributed by atoms with E-state index in [-0.39, 0.29) is 11.7 Å². The zero-order valence-corrected chi connectivity index (χ0v) is 17.9. The van der Waals surface area contributed by atoms with Gasteiger partial charge in [-0.15, -0.1) is 0 Å². The van der Waals surface area contributed by atoms with E-state index < -0.39 is 0 Å². The second-order valence-corrected chi connectivity index (χ2v) is 8.22. The van der Waals surface area contributed by atoms with Gasteiger partial charge in [0.15, 0.2) is 4.96 Å². The lowest BCUT2D eigenvalue weighted by atomic mass is 10.1. The van der Waals surface area contributed by atoms with Gasteiger partial charge in [-0.3, -0.25) is 9.20 Å². The molecule has 8 heteroatoms. The van der Waals surface area contributed by atoms with E-state index in [9.17, 15) is 9.18 Å². The second-order valence-electron chi connectivity index (χ2n) is 7.25. The van der Waals surface area contributed by atoms with Crippen molar-refractivity contribution in [3.8, 4) is 22.5 Å². The summed E-state index contributed by atoms with van der Waals surface area (Å²) in [5, 5.41) is 2.94. The summed E-state index contributed by atoms with van der Waals surface area (Å²) in [6, 6.07) is 17.9. The third-order valence-corrected chi connectivity index (χ3v) is 6.28. The lowest BCUT2D eigenvalue weighted by Gasteiger charge is -2.06. The molecule has 158 valence electrons. The number of nitrogens with one attached hydrogen (secondary N) is 1. The van der Waals surface area contributed by atoms with Crippen LogP contribution < -0.4 is 5.32 Å². The molecule has 3 aromatic heterocycles. The monoisotopic (exact) mass is 443 g/mol. The van der Waals surface area contributed by atoms with Gasteiger partial charge in [0.05, 0.1) is 23.6 Å². The maximum absolute atomic E-state index is 13.2. The van der Waals surface area contributed by atoms with Gasteiger partial charge in [0.25, 0.3) is 5.91 Å². The average molecular weight is 444 g/mol. The number of carbonyl (C=O) groups is 1. The number of amides is 1. The van der Waals surface area contributed by atoms with Gasteiger partial charge in [-0.25, -0.2) is 19.3 Å². The highest BCUT2D eigenvalue weighted by Crippen LogP contribution is 2.27. The number of thiazole rings is 1. The third kappa shape index (κ3) is 3.88. The van der Waals surface area contributed by atoms with Gasteiger partial charge in [-0.2, -0.15) is 0 Å². The number of benzene rings is 2. The number of hydrogen-bond donors (Lipinski definition) is 1. The van der Waals surface area contributed by atoms with Crippen molar-refractivity contribution < 1.29 is 9.18 Å². The number of fused-ring (bicyclic) bond motifs is 1. The predicted octanol–water partition coefficient (Wildman–Crippen LogP) is 4.90. The molecule has 0 saturated carbocycles. The Morgan fingerprint density at radius 1 is 1.03 bits per heavy atom. The van der Waals surface area contributed by atoms with Crippen molar-refractivity contribution in [1.82, 2.24) is 24.7 Å². The Bertz CT molecular complexity index is 1410. The first kappa shape index (κ1) is 20.0. The van der Waals surface area contributed by atoms with Crippen molar-refractivity contribution in [3.63, 3.8) is 0 Å². The zero-order valence-electron chi connectivity index (χ0n) is 17.1. The Morgan fingerprint density at radius 2 is 1.78 bits per heavy atom. The maximum Gasteiger partial charge on any atom is 0.263 e. The number of halogens is 1. The highest BCUT2D eigenvalue weighted by molar-refractivity contribution is 7.19. The van der Waals surface area contributed by atoms with Crippen LogP contribution in [0.3, 0.4) is 0 Å². The van der Waals surface area contributed by atoms with Crippen LogP contribution in [-0.4, -0.2) is 25.3 Å². The Hall–Kier alpha value is -3.91. The van der Waals surface area contributed by atoms with E-state index >= 15 is 0 Å². The Labute approximate surface area is 187 Å². The lowest BCUT2D eigenvalue weighted by molar-refractivity contribution is 0.0953. The van der Waals surface area contributed by atoms with E-state index in [4.69, 9.17) is 0 Å². The molecule has 0 aliphatic heterocycles. The van der Waals surface area contributed by atoms with E-state index in [0.717, 1.165) is 33.9 Å². The number of nitrogens with zero attached hydrogens (tertiary/aromatic N) is 4. The molecule has 32 heavy (non-hydrogen) atoms. The number of aromatic nitrogens is 4. The summed E-state index contributed by atoms with van der Waals surface area (Å²) >= 11 is 1.32. The van der Waals surface area contributed by atoms with Gasteiger partial charge >= 0.3 is 0 Å². The average Bonchev–Trinajstić information content (AvgIpc) is 3.38.